The van der Waals surface area contributed by atoms with E-state index >= 15 is 0 Å². The van der Waals surface area contributed by atoms with Crippen molar-refractivity contribution in [3.8, 4) is 11.6 Å². The summed E-state index contributed by atoms with van der Waals surface area (Å²) in [5.74, 6) is 0.0572. The van der Waals surface area contributed by atoms with E-state index < -0.39 is 5.82 Å². The van der Waals surface area contributed by atoms with Crippen LogP contribution in [0.25, 0.3) is 10.9 Å². The van der Waals surface area contributed by atoms with Gasteiger partial charge in [0.25, 0.3) is 0 Å². The molecule has 3 aromatic carbocycles. The van der Waals surface area contributed by atoms with Gasteiger partial charge in [0.15, 0.2) is 5.69 Å². The lowest BCUT2D eigenvalue weighted by Crippen LogP contribution is -2.06. The van der Waals surface area contributed by atoms with Crippen LogP contribution in [0, 0.1) is 5.82 Å². The summed E-state index contributed by atoms with van der Waals surface area (Å²) in [6.07, 6.45) is 0. The molecule has 2 N–H and O–H groups in total. The Morgan fingerprint density at radius 1 is 1.21 bits per heavy atom. The Morgan fingerprint density at radius 2 is 2.00 bits per heavy atom. The number of fused-ring (bicyclic) bond motifs is 1. The second-order valence-corrected chi connectivity index (χ2v) is 8.70. The number of thiocarbonyl (C=S) groups is 1. The molecular weight excluding hydrogens is 531 g/mol. The molecule has 0 aliphatic carbocycles. The van der Waals surface area contributed by atoms with Gasteiger partial charge in [-0.15, -0.1) is 10.2 Å². The molecule has 6 nitrogen and oxygen atoms in total. The van der Waals surface area contributed by atoms with Crippen molar-refractivity contribution >= 4 is 67.1 Å². The van der Waals surface area contributed by atoms with Crippen molar-refractivity contribution in [3.63, 3.8) is 0 Å². The van der Waals surface area contributed by atoms with Crippen LogP contribution < -0.4 is 10.1 Å². The summed E-state index contributed by atoms with van der Waals surface area (Å²) in [5.41, 5.74) is 2.23. The maximum Gasteiger partial charge on any atom is 0.221 e. The first kappa shape index (κ1) is 23.2. The fourth-order valence-corrected chi connectivity index (χ4v) is 4.10. The molecule has 0 aliphatic heterocycles. The van der Waals surface area contributed by atoms with E-state index in [1.807, 2.05) is 30.3 Å². The van der Waals surface area contributed by atoms with Gasteiger partial charge in [-0.05, 0) is 60.2 Å². The summed E-state index contributed by atoms with van der Waals surface area (Å²) < 4.78 is 21.2. The fraction of sp³-hybridized carbons (Fsp3) is 0.0870. The van der Waals surface area contributed by atoms with Crippen LogP contribution in [0.5, 0.6) is 11.6 Å². The fourth-order valence-electron chi connectivity index (χ4n) is 3.36. The number of aromatic hydroxyl groups is 1. The molecule has 0 amide bonds. The molecule has 0 aliphatic rings. The summed E-state index contributed by atoms with van der Waals surface area (Å²) in [5, 5.41) is 23.3. The van der Waals surface area contributed by atoms with E-state index in [4.69, 9.17) is 28.6 Å². The van der Waals surface area contributed by atoms with Gasteiger partial charge in [0.05, 0.1) is 24.9 Å². The lowest BCUT2D eigenvalue weighted by Gasteiger charge is -2.09. The normalized spacial score (nSPS) is 11.3. The van der Waals surface area contributed by atoms with Gasteiger partial charge in [-0.1, -0.05) is 45.7 Å². The molecule has 0 radical (unpaired) electrons. The first-order valence-corrected chi connectivity index (χ1v) is 11.3. The quantitative estimate of drug-likeness (QED) is 0.201. The van der Waals surface area contributed by atoms with E-state index in [-0.39, 0.29) is 28.2 Å². The highest BCUT2D eigenvalue weighted by Gasteiger charge is 2.18. The Hall–Kier alpha value is -3.01. The molecule has 0 bridgehead atoms. The number of hydrogen-bond donors (Lipinski definition) is 2. The minimum absolute atomic E-state index is 0.0939. The third kappa shape index (κ3) is 5.00. The van der Waals surface area contributed by atoms with E-state index in [9.17, 15) is 9.50 Å². The number of benzene rings is 3. The number of azo groups is 1. The van der Waals surface area contributed by atoms with Crippen LogP contribution in [-0.2, 0) is 6.54 Å². The number of para-hydroxylation sites is 2. The number of anilines is 1. The number of hydrogen-bond acceptors (Lipinski definition) is 4. The molecule has 1 heterocycles. The molecule has 168 valence electrons. The van der Waals surface area contributed by atoms with Crippen LogP contribution in [-0.4, -0.2) is 21.9 Å². The zero-order valence-corrected chi connectivity index (χ0v) is 20.4. The highest BCUT2D eigenvalue weighted by molar-refractivity contribution is 9.10. The van der Waals surface area contributed by atoms with E-state index in [0.717, 1.165) is 4.47 Å². The van der Waals surface area contributed by atoms with Gasteiger partial charge < -0.3 is 19.7 Å². The van der Waals surface area contributed by atoms with E-state index in [1.165, 1.54) is 12.1 Å². The van der Waals surface area contributed by atoms with Crippen LogP contribution >= 0.6 is 39.7 Å². The second kappa shape index (κ2) is 9.86. The van der Waals surface area contributed by atoms with Crippen molar-refractivity contribution in [1.82, 2.24) is 4.57 Å². The standard InChI is InChI=1S/C23H17BrClFN4O2S/c1-32-20-5-3-2-4-18(20)27-23(33)29-28-21-16-10-14(24)7-9-19(16)30(22(21)31)12-13-6-8-15(26)11-17(13)25/h2-11,31H,12H2,1H3,(H,27,33). The Labute approximate surface area is 207 Å². The van der Waals surface area contributed by atoms with Crippen LogP contribution in [0.2, 0.25) is 5.02 Å². The molecule has 10 heteroatoms. The molecule has 0 saturated heterocycles. The monoisotopic (exact) mass is 546 g/mol. The molecule has 0 unspecified atom stereocenters. The van der Waals surface area contributed by atoms with Crippen molar-refractivity contribution in [2.45, 2.75) is 6.54 Å². The summed E-state index contributed by atoms with van der Waals surface area (Å²) in [6.45, 7) is 0.211. The molecule has 1 aromatic heterocycles. The first-order chi connectivity index (χ1) is 15.9. The lowest BCUT2D eigenvalue weighted by atomic mass is 10.2. The highest BCUT2D eigenvalue weighted by atomic mass is 79.9. The number of halogens is 3. The van der Waals surface area contributed by atoms with Gasteiger partial charge in [0.2, 0.25) is 11.0 Å². The average molecular weight is 548 g/mol. The zero-order valence-electron chi connectivity index (χ0n) is 17.2. The van der Waals surface area contributed by atoms with E-state index in [2.05, 4.69) is 31.5 Å². The Kier molecular flexibility index (Phi) is 6.92. The molecule has 0 atom stereocenters. The van der Waals surface area contributed by atoms with Crippen molar-refractivity contribution < 1.29 is 14.2 Å². The number of rotatable bonds is 5. The number of nitrogens with one attached hydrogen (secondary N) is 1. The second-order valence-electron chi connectivity index (χ2n) is 6.99. The maximum absolute atomic E-state index is 13.4. The molecule has 0 spiro atoms. The van der Waals surface area contributed by atoms with Gasteiger partial charge in [-0.25, -0.2) is 4.39 Å². The van der Waals surface area contributed by atoms with Crippen molar-refractivity contribution in [3.05, 3.63) is 81.5 Å². The van der Waals surface area contributed by atoms with E-state index in [0.29, 0.717) is 27.9 Å². The maximum atomic E-state index is 13.4. The van der Waals surface area contributed by atoms with Crippen LogP contribution in [0.1, 0.15) is 5.56 Å². The molecule has 0 saturated carbocycles. The summed E-state index contributed by atoms with van der Waals surface area (Å²) >= 11 is 14.9. The molecule has 0 fully saturated rings. The van der Waals surface area contributed by atoms with Crippen LogP contribution in [0.15, 0.2) is 75.4 Å². The summed E-state index contributed by atoms with van der Waals surface area (Å²) in [6, 6.07) is 16.9. The third-order valence-corrected chi connectivity index (χ3v) is 5.93. The molecule has 33 heavy (non-hydrogen) atoms. The zero-order chi connectivity index (χ0) is 23.5. The molecule has 4 aromatic rings. The summed E-state index contributed by atoms with van der Waals surface area (Å²) in [4.78, 5) is 0. The lowest BCUT2D eigenvalue weighted by molar-refractivity contribution is 0.417. The van der Waals surface area contributed by atoms with Crippen molar-refractivity contribution in [2.24, 2.45) is 10.2 Å². The van der Waals surface area contributed by atoms with Crippen LogP contribution in [0.3, 0.4) is 0 Å². The predicted molar refractivity (Wildman–Crippen MR) is 136 cm³/mol. The average Bonchev–Trinajstić information content (AvgIpc) is 3.04. The Balaban J connectivity index is 1.69. The van der Waals surface area contributed by atoms with Gasteiger partial charge in [-0.2, -0.15) is 0 Å². The Morgan fingerprint density at radius 3 is 2.76 bits per heavy atom. The number of aromatic nitrogens is 1. The minimum Gasteiger partial charge on any atom is -0.495 e. The topological polar surface area (TPSA) is 71.1 Å². The van der Waals surface area contributed by atoms with E-state index in [1.54, 1.807) is 29.9 Å². The van der Waals surface area contributed by atoms with Gasteiger partial charge in [0, 0.05) is 14.9 Å². The smallest absolute Gasteiger partial charge is 0.221 e. The predicted octanol–water partition coefficient (Wildman–Crippen LogP) is 7.44. The van der Waals surface area contributed by atoms with Gasteiger partial charge >= 0.3 is 0 Å². The molecular formula is C23H17BrClFN4O2S. The van der Waals surface area contributed by atoms with Crippen molar-refractivity contribution in [1.29, 1.82) is 0 Å². The molecule has 4 rings (SSSR count). The van der Waals surface area contributed by atoms with Crippen LogP contribution in [0.4, 0.5) is 15.8 Å². The minimum atomic E-state index is -0.431. The third-order valence-electron chi connectivity index (χ3n) is 4.90. The number of nitrogens with zero attached hydrogens (tertiary/aromatic N) is 3. The number of methoxy groups -OCH3 is 1. The highest BCUT2D eigenvalue weighted by Crippen LogP contribution is 2.41. The summed E-state index contributed by atoms with van der Waals surface area (Å²) in [7, 11) is 1.56. The SMILES string of the molecule is COc1ccccc1NC(=S)N=Nc1c(O)n(Cc2ccc(F)cc2Cl)c2ccc(Br)cc12. The number of ether oxygens (including phenoxy) is 1. The van der Waals surface area contributed by atoms with Gasteiger partial charge in [0.1, 0.15) is 11.6 Å². The van der Waals surface area contributed by atoms with Gasteiger partial charge in [-0.3, -0.25) is 0 Å². The largest absolute Gasteiger partial charge is 0.495 e. The Bertz CT molecular complexity index is 1390. The first-order valence-electron chi connectivity index (χ1n) is 9.67. The van der Waals surface area contributed by atoms with Crippen molar-refractivity contribution in [2.75, 3.05) is 12.4 Å².